The molecule has 0 aromatic carbocycles. The Hall–Kier alpha value is -1.47. The van der Waals surface area contributed by atoms with Crippen molar-refractivity contribution < 1.29 is 27.9 Å². The molecule has 0 aromatic rings. The summed E-state index contributed by atoms with van der Waals surface area (Å²) in [5.74, 6) is -0.991. The first-order valence-corrected chi connectivity index (χ1v) is 7.07. The number of rotatable bonds is 6. The van der Waals surface area contributed by atoms with Crippen LogP contribution in [0.15, 0.2) is 0 Å². The Bertz CT molecular complexity index is 366. The van der Waals surface area contributed by atoms with E-state index in [2.05, 4.69) is 10.6 Å². The summed E-state index contributed by atoms with van der Waals surface area (Å²) < 4.78 is 35.9. The molecule has 0 radical (unpaired) electrons. The van der Waals surface area contributed by atoms with Crippen LogP contribution in [0.2, 0.25) is 0 Å². The minimum absolute atomic E-state index is 0.0888. The van der Waals surface area contributed by atoms with Gasteiger partial charge in [0.25, 0.3) is 0 Å². The molecule has 0 saturated heterocycles. The average Bonchev–Trinajstić information content (AvgIpc) is 2.33. The van der Waals surface area contributed by atoms with Gasteiger partial charge in [0, 0.05) is 13.0 Å². The summed E-state index contributed by atoms with van der Waals surface area (Å²) in [6, 6.07) is -0.597. The standard InChI is InChI=1S/C13H21F3N2O3/c14-13(15,16)7-4-8-17-11(21)18-12(9-10(19)20)5-2-1-3-6-12/h1-9H2,(H,19,20)(H2,17,18,21). The third-order valence-electron chi connectivity index (χ3n) is 3.60. The largest absolute Gasteiger partial charge is 0.481 e. The van der Waals surface area contributed by atoms with E-state index in [1.54, 1.807) is 0 Å². The number of nitrogens with one attached hydrogen (secondary N) is 2. The number of hydrogen-bond acceptors (Lipinski definition) is 2. The molecule has 0 aromatic heterocycles. The van der Waals surface area contributed by atoms with Crippen molar-refractivity contribution in [1.82, 2.24) is 10.6 Å². The van der Waals surface area contributed by atoms with Crippen molar-refractivity contribution in [3.05, 3.63) is 0 Å². The third-order valence-corrected chi connectivity index (χ3v) is 3.60. The Morgan fingerprint density at radius 2 is 1.76 bits per heavy atom. The van der Waals surface area contributed by atoms with Crippen molar-refractivity contribution in [2.75, 3.05) is 6.54 Å². The van der Waals surface area contributed by atoms with E-state index in [1.165, 1.54) is 0 Å². The van der Waals surface area contributed by atoms with E-state index in [-0.39, 0.29) is 19.4 Å². The van der Waals surface area contributed by atoms with Crippen LogP contribution in [0.25, 0.3) is 0 Å². The maximum atomic E-state index is 12.0. The van der Waals surface area contributed by atoms with Gasteiger partial charge >= 0.3 is 18.2 Å². The molecule has 1 saturated carbocycles. The lowest BCUT2D eigenvalue weighted by atomic mass is 9.79. The van der Waals surface area contributed by atoms with Crippen LogP contribution in [0.3, 0.4) is 0 Å². The Morgan fingerprint density at radius 3 is 2.29 bits per heavy atom. The average molecular weight is 310 g/mol. The molecule has 5 nitrogen and oxygen atoms in total. The number of carbonyl (C=O) groups excluding carboxylic acids is 1. The molecular formula is C13H21F3N2O3. The van der Waals surface area contributed by atoms with Gasteiger partial charge in [-0.05, 0) is 19.3 Å². The zero-order valence-electron chi connectivity index (χ0n) is 11.8. The summed E-state index contributed by atoms with van der Waals surface area (Å²) in [7, 11) is 0. The molecular weight excluding hydrogens is 289 g/mol. The fourth-order valence-electron chi connectivity index (χ4n) is 2.64. The van der Waals surface area contributed by atoms with Crippen molar-refractivity contribution in [3.8, 4) is 0 Å². The molecule has 1 aliphatic rings. The van der Waals surface area contributed by atoms with Crippen molar-refractivity contribution in [1.29, 1.82) is 0 Å². The highest BCUT2D eigenvalue weighted by Gasteiger charge is 2.35. The Kier molecular flexibility index (Phi) is 6.29. The van der Waals surface area contributed by atoms with Gasteiger partial charge in [0.2, 0.25) is 0 Å². The molecule has 1 fully saturated rings. The number of alkyl halides is 3. The number of hydrogen-bond donors (Lipinski definition) is 3. The first-order valence-electron chi connectivity index (χ1n) is 7.07. The Labute approximate surface area is 121 Å². The molecule has 0 bridgehead atoms. The minimum atomic E-state index is -4.23. The quantitative estimate of drug-likeness (QED) is 0.660. The van der Waals surface area contributed by atoms with E-state index in [4.69, 9.17) is 5.11 Å². The summed E-state index contributed by atoms with van der Waals surface area (Å²) in [4.78, 5) is 22.7. The lowest BCUT2D eigenvalue weighted by molar-refractivity contribution is -0.139. The summed E-state index contributed by atoms with van der Waals surface area (Å²) in [5.41, 5.74) is -0.780. The molecule has 1 rings (SSSR count). The molecule has 122 valence electrons. The fraction of sp³-hybridized carbons (Fsp3) is 0.846. The van der Waals surface area contributed by atoms with Crippen LogP contribution in [0, 0.1) is 0 Å². The van der Waals surface area contributed by atoms with E-state index >= 15 is 0 Å². The van der Waals surface area contributed by atoms with Gasteiger partial charge in [-0.2, -0.15) is 13.2 Å². The topological polar surface area (TPSA) is 78.4 Å². The van der Waals surface area contributed by atoms with Gasteiger partial charge in [-0.1, -0.05) is 19.3 Å². The maximum Gasteiger partial charge on any atom is 0.389 e. The summed E-state index contributed by atoms with van der Waals surface area (Å²) in [6.07, 6.45) is -1.71. The molecule has 1 aliphatic carbocycles. The van der Waals surface area contributed by atoms with Gasteiger partial charge in [0.05, 0.1) is 12.0 Å². The van der Waals surface area contributed by atoms with Crippen LogP contribution in [0.1, 0.15) is 51.4 Å². The van der Waals surface area contributed by atoms with Crippen LogP contribution in [0.5, 0.6) is 0 Å². The minimum Gasteiger partial charge on any atom is -0.481 e. The van der Waals surface area contributed by atoms with Crippen LogP contribution in [-0.2, 0) is 4.79 Å². The van der Waals surface area contributed by atoms with Crippen molar-refractivity contribution in [2.45, 2.75) is 63.1 Å². The SMILES string of the molecule is O=C(O)CC1(NC(=O)NCCCC(F)(F)F)CCCCC1. The number of amides is 2. The van der Waals surface area contributed by atoms with Gasteiger partial charge in [-0.3, -0.25) is 4.79 Å². The highest BCUT2D eigenvalue weighted by Crippen LogP contribution is 2.31. The van der Waals surface area contributed by atoms with E-state index in [0.29, 0.717) is 12.8 Å². The molecule has 0 unspecified atom stereocenters. The van der Waals surface area contributed by atoms with Crippen LogP contribution in [-0.4, -0.2) is 35.4 Å². The molecule has 0 aliphatic heterocycles. The van der Waals surface area contributed by atoms with Gasteiger partial charge in [0.15, 0.2) is 0 Å². The van der Waals surface area contributed by atoms with Crippen molar-refractivity contribution in [3.63, 3.8) is 0 Å². The molecule has 0 spiro atoms. The molecule has 8 heteroatoms. The van der Waals surface area contributed by atoms with E-state index in [1.807, 2.05) is 0 Å². The number of aliphatic carboxylic acids is 1. The number of carboxylic acid groups (broad SMARTS) is 1. The second-order valence-corrected chi connectivity index (χ2v) is 5.51. The lowest BCUT2D eigenvalue weighted by Crippen LogP contribution is -2.54. The second-order valence-electron chi connectivity index (χ2n) is 5.51. The smallest absolute Gasteiger partial charge is 0.389 e. The Morgan fingerprint density at radius 1 is 1.14 bits per heavy atom. The highest BCUT2D eigenvalue weighted by molar-refractivity contribution is 5.76. The number of carboxylic acids is 1. The van der Waals surface area contributed by atoms with E-state index in [9.17, 15) is 22.8 Å². The lowest BCUT2D eigenvalue weighted by Gasteiger charge is -2.36. The van der Waals surface area contributed by atoms with Crippen LogP contribution in [0.4, 0.5) is 18.0 Å². The van der Waals surface area contributed by atoms with Crippen molar-refractivity contribution in [2.24, 2.45) is 0 Å². The van der Waals surface area contributed by atoms with Gasteiger partial charge in [0.1, 0.15) is 0 Å². The second kappa shape index (κ2) is 7.51. The number of halogens is 3. The van der Waals surface area contributed by atoms with E-state index < -0.39 is 30.1 Å². The predicted molar refractivity (Wildman–Crippen MR) is 69.9 cm³/mol. The summed E-state index contributed by atoms with van der Waals surface area (Å²) in [5, 5.41) is 14.0. The molecule has 2 amide bonds. The zero-order chi connectivity index (χ0) is 15.9. The summed E-state index contributed by atoms with van der Waals surface area (Å²) in [6.45, 7) is -0.0888. The number of carbonyl (C=O) groups is 2. The zero-order valence-corrected chi connectivity index (χ0v) is 11.8. The summed E-state index contributed by atoms with van der Waals surface area (Å²) >= 11 is 0. The van der Waals surface area contributed by atoms with Gasteiger partial charge < -0.3 is 15.7 Å². The van der Waals surface area contributed by atoms with Gasteiger partial charge in [-0.25, -0.2) is 4.79 Å². The molecule has 0 heterocycles. The van der Waals surface area contributed by atoms with Crippen LogP contribution < -0.4 is 10.6 Å². The predicted octanol–water partition coefficient (Wildman–Crippen LogP) is 2.81. The third kappa shape index (κ3) is 7.19. The monoisotopic (exact) mass is 310 g/mol. The van der Waals surface area contributed by atoms with Gasteiger partial charge in [-0.15, -0.1) is 0 Å². The molecule has 0 atom stereocenters. The fourth-order valence-corrected chi connectivity index (χ4v) is 2.64. The molecule has 3 N–H and O–H groups in total. The normalized spacial score (nSPS) is 18.0. The first kappa shape index (κ1) is 17.6. The van der Waals surface area contributed by atoms with Crippen molar-refractivity contribution >= 4 is 12.0 Å². The first-order chi connectivity index (χ1) is 9.72. The maximum absolute atomic E-state index is 12.0. The number of urea groups is 1. The molecule has 21 heavy (non-hydrogen) atoms. The van der Waals surface area contributed by atoms with E-state index in [0.717, 1.165) is 19.3 Å². The Balaban J connectivity index is 2.40. The highest BCUT2D eigenvalue weighted by atomic mass is 19.4. The van der Waals surface area contributed by atoms with Crippen LogP contribution >= 0.6 is 0 Å².